The Morgan fingerprint density at radius 3 is 2.53 bits per heavy atom. The van der Waals surface area contributed by atoms with Gasteiger partial charge < -0.3 is 10.2 Å². The van der Waals surface area contributed by atoms with Crippen molar-refractivity contribution in [3.8, 4) is 0 Å². The van der Waals surface area contributed by atoms with Crippen LogP contribution < -0.4 is 10.2 Å². The zero-order valence-electron chi connectivity index (χ0n) is 11.0. The number of alkyl halides is 3. The fourth-order valence-electron chi connectivity index (χ4n) is 1.94. The van der Waals surface area contributed by atoms with Crippen LogP contribution >= 0.6 is 15.9 Å². The summed E-state index contributed by atoms with van der Waals surface area (Å²) in [5.41, 5.74) is 1.49. The Hall–Kier alpha value is -0.750. The predicted molar refractivity (Wildman–Crippen MR) is 75.5 cm³/mol. The number of nitrogens with one attached hydrogen (secondary N) is 1. The van der Waals surface area contributed by atoms with E-state index >= 15 is 0 Å². The van der Waals surface area contributed by atoms with Crippen molar-refractivity contribution in [2.45, 2.75) is 26.1 Å². The van der Waals surface area contributed by atoms with Gasteiger partial charge in [-0.2, -0.15) is 13.2 Å². The van der Waals surface area contributed by atoms with Gasteiger partial charge in [0.25, 0.3) is 0 Å². The molecule has 2 nitrogen and oxygen atoms in total. The molecule has 0 radical (unpaired) electrons. The molecule has 1 aromatic carbocycles. The van der Waals surface area contributed by atoms with Crippen LogP contribution in [0.2, 0.25) is 0 Å². The number of benzene rings is 1. The average Bonchev–Trinajstić information content (AvgIpc) is 2.29. The number of hydrogen-bond donors (Lipinski definition) is 1. The van der Waals surface area contributed by atoms with Crippen LogP contribution in [-0.2, 0) is 6.54 Å². The van der Waals surface area contributed by atoms with E-state index in [9.17, 15) is 13.2 Å². The third-order valence-corrected chi connectivity index (χ3v) is 3.11. The Morgan fingerprint density at radius 2 is 2.00 bits per heavy atom. The van der Waals surface area contributed by atoms with Crippen molar-refractivity contribution < 1.29 is 13.2 Å². The molecule has 108 valence electrons. The van der Waals surface area contributed by atoms with Crippen LogP contribution in [0.3, 0.4) is 0 Å². The third-order valence-electron chi connectivity index (χ3n) is 2.62. The molecule has 1 aromatic rings. The molecular formula is C13H18BrF3N2. The van der Waals surface area contributed by atoms with Gasteiger partial charge in [-0.25, -0.2) is 0 Å². The lowest BCUT2D eigenvalue weighted by Crippen LogP contribution is -2.35. The van der Waals surface area contributed by atoms with Gasteiger partial charge in [0.15, 0.2) is 0 Å². The SMILES string of the molecule is CCCN(CC(F)(F)F)c1cc(Br)ccc1CNC. The normalized spacial score (nSPS) is 11.7. The number of rotatable bonds is 6. The lowest BCUT2D eigenvalue weighted by atomic mass is 10.1. The van der Waals surface area contributed by atoms with E-state index in [2.05, 4.69) is 21.2 Å². The molecule has 0 spiro atoms. The van der Waals surface area contributed by atoms with Crippen molar-refractivity contribution in [3.05, 3.63) is 28.2 Å². The second kappa shape index (κ2) is 7.14. The molecule has 0 heterocycles. The van der Waals surface area contributed by atoms with Crippen LogP contribution in [0.15, 0.2) is 22.7 Å². The monoisotopic (exact) mass is 338 g/mol. The average molecular weight is 339 g/mol. The van der Waals surface area contributed by atoms with E-state index in [1.807, 2.05) is 19.1 Å². The fraction of sp³-hybridized carbons (Fsp3) is 0.538. The summed E-state index contributed by atoms with van der Waals surface area (Å²) in [4.78, 5) is 1.39. The Labute approximate surface area is 120 Å². The Morgan fingerprint density at radius 1 is 1.32 bits per heavy atom. The summed E-state index contributed by atoms with van der Waals surface area (Å²) in [7, 11) is 1.78. The summed E-state index contributed by atoms with van der Waals surface area (Å²) in [6.45, 7) is 1.88. The topological polar surface area (TPSA) is 15.3 Å². The van der Waals surface area contributed by atoms with E-state index in [0.717, 1.165) is 10.0 Å². The van der Waals surface area contributed by atoms with Gasteiger partial charge in [-0.05, 0) is 31.2 Å². The highest BCUT2D eigenvalue weighted by atomic mass is 79.9. The number of anilines is 1. The Balaban J connectivity index is 3.08. The van der Waals surface area contributed by atoms with Gasteiger partial charge in [-0.15, -0.1) is 0 Å². The van der Waals surface area contributed by atoms with Gasteiger partial charge in [0.05, 0.1) is 0 Å². The van der Waals surface area contributed by atoms with E-state index in [-0.39, 0.29) is 0 Å². The summed E-state index contributed by atoms with van der Waals surface area (Å²) in [6, 6.07) is 5.43. The molecule has 0 aliphatic carbocycles. The maximum atomic E-state index is 12.7. The minimum absolute atomic E-state index is 0.382. The molecule has 0 unspecified atom stereocenters. The molecule has 0 amide bonds. The third kappa shape index (κ3) is 5.40. The van der Waals surface area contributed by atoms with E-state index < -0.39 is 12.7 Å². The van der Waals surface area contributed by atoms with E-state index in [1.54, 1.807) is 13.1 Å². The van der Waals surface area contributed by atoms with Gasteiger partial charge in [0.2, 0.25) is 0 Å². The lowest BCUT2D eigenvalue weighted by molar-refractivity contribution is -0.119. The predicted octanol–water partition coefficient (Wildman–Crippen LogP) is 3.95. The second-order valence-electron chi connectivity index (χ2n) is 4.34. The van der Waals surface area contributed by atoms with Gasteiger partial charge in [-0.1, -0.05) is 28.9 Å². The molecule has 0 bridgehead atoms. The molecule has 19 heavy (non-hydrogen) atoms. The molecule has 0 aliphatic rings. The van der Waals surface area contributed by atoms with Crippen LogP contribution in [0.1, 0.15) is 18.9 Å². The van der Waals surface area contributed by atoms with E-state index in [1.165, 1.54) is 4.90 Å². The molecular weight excluding hydrogens is 321 g/mol. The standard InChI is InChI=1S/C13H18BrF3N2/c1-3-6-19(9-13(15,16)17)12-7-11(14)5-4-10(12)8-18-2/h4-5,7,18H,3,6,8-9H2,1-2H3. The summed E-state index contributed by atoms with van der Waals surface area (Å²) in [6.07, 6.45) is -3.53. The number of hydrogen-bond acceptors (Lipinski definition) is 2. The van der Waals surface area contributed by atoms with Crippen LogP contribution in [0, 0.1) is 0 Å². The summed E-state index contributed by atoms with van der Waals surface area (Å²) in [5.74, 6) is 0. The van der Waals surface area contributed by atoms with Gasteiger partial charge >= 0.3 is 6.18 Å². The fourth-order valence-corrected chi connectivity index (χ4v) is 2.29. The molecule has 0 atom stereocenters. The molecule has 0 fully saturated rings. The maximum Gasteiger partial charge on any atom is 0.405 e. The van der Waals surface area contributed by atoms with Gasteiger partial charge in [-0.3, -0.25) is 0 Å². The van der Waals surface area contributed by atoms with Gasteiger partial charge in [0, 0.05) is 23.2 Å². The zero-order valence-corrected chi connectivity index (χ0v) is 12.6. The molecule has 0 aromatic heterocycles. The smallest absolute Gasteiger partial charge is 0.362 e. The van der Waals surface area contributed by atoms with Gasteiger partial charge in [0.1, 0.15) is 6.54 Å². The highest BCUT2D eigenvalue weighted by molar-refractivity contribution is 9.10. The molecule has 1 rings (SSSR count). The van der Waals surface area contributed by atoms with Crippen molar-refractivity contribution in [1.82, 2.24) is 5.32 Å². The largest absolute Gasteiger partial charge is 0.405 e. The summed E-state index contributed by atoms with van der Waals surface area (Å²) < 4.78 is 38.8. The lowest BCUT2D eigenvalue weighted by Gasteiger charge is -2.28. The molecule has 0 aliphatic heterocycles. The molecule has 0 saturated carbocycles. The minimum atomic E-state index is -4.20. The first kappa shape index (κ1) is 16.3. The van der Waals surface area contributed by atoms with Crippen molar-refractivity contribution in [2.75, 3.05) is 25.0 Å². The van der Waals surface area contributed by atoms with Crippen LogP contribution in [0.5, 0.6) is 0 Å². The Bertz CT molecular complexity index is 407. The summed E-state index contributed by atoms with van der Waals surface area (Å²) >= 11 is 3.32. The van der Waals surface area contributed by atoms with Crippen LogP contribution in [0.4, 0.5) is 18.9 Å². The number of halogens is 4. The number of nitrogens with zero attached hydrogens (tertiary/aromatic N) is 1. The maximum absolute atomic E-state index is 12.7. The van der Waals surface area contributed by atoms with Crippen molar-refractivity contribution in [3.63, 3.8) is 0 Å². The second-order valence-corrected chi connectivity index (χ2v) is 5.26. The molecule has 1 N–H and O–H groups in total. The quantitative estimate of drug-likeness (QED) is 0.844. The highest BCUT2D eigenvalue weighted by Crippen LogP contribution is 2.28. The first-order valence-corrected chi connectivity index (χ1v) is 6.91. The minimum Gasteiger partial charge on any atom is -0.362 e. The van der Waals surface area contributed by atoms with E-state index in [0.29, 0.717) is 25.2 Å². The first-order valence-electron chi connectivity index (χ1n) is 6.12. The van der Waals surface area contributed by atoms with Crippen LogP contribution in [0.25, 0.3) is 0 Å². The Kier molecular flexibility index (Phi) is 6.13. The van der Waals surface area contributed by atoms with Crippen molar-refractivity contribution >= 4 is 21.6 Å². The van der Waals surface area contributed by atoms with Crippen molar-refractivity contribution in [2.24, 2.45) is 0 Å². The zero-order chi connectivity index (χ0) is 14.5. The summed E-state index contributed by atoms with van der Waals surface area (Å²) in [5, 5.41) is 2.98. The first-order chi connectivity index (χ1) is 8.87. The highest BCUT2D eigenvalue weighted by Gasteiger charge is 2.31. The molecule has 6 heteroatoms. The van der Waals surface area contributed by atoms with E-state index in [4.69, 9.17) is 0 Å². The van der Waals surface area contributed by atoms with Crippen LogP contribution in [-0.4, -0.2) is 26.3 Å². The molecule has 0 saturated heterocycles. The van der Waals surface area contributed by atoms with Crippen molar-refractivity contribution in [1.29, 1.82) is 0 Å².